The molecular weight excluding hydrogens is 412 g/mol. The molecule has 164 valence electrons. The maximum absolute atomic E-state index is 11.9. The van der Waals surface area contributed by atoms with Crippen LogP contribution < -0.4 is 10.5 Å². The number of benzene rings is 2. The van der Waals surface area contributed by atoms with Crippen molar-refractivity contribution >= 4 is 11.4 Å². The zero-order chi connectivity index (χ0) is 23.1. The Hall–Kier alpha value is -4.11. The highest BCUT2D eigenvalue weighted by atomic mass is 16.5. The van der Waals surface area contributed by atoms with Gasteiger partial charge in [-0.15, -0.1) is 0 Å². The molecule has 4 aromatic rings. The second kappa shape index (κ2) is 8.10. The zero-order valence-corrected chi connectivity index (χ0v) is 18.9. The van der Waals surface area contributed by atoms with E-state index in [1.165, 1.54) is 0 Å². The van der Waals surface area contributed by atoms with Crippen molar-refractivity contribution in [3.05, 3.63) is 88.2 Å². The summed E-state index contributed by atoms with van der Waals surface area (Å²) < 4.78 is 7.43. The van der Waals surface area contributed by atoms with Gasteiger partial charge in [-0.2, -0.15) is 5.26 Å². The number of aromatic nitrogens is 2. The third kappa shape index (κ3) is 3.52. The standard InChI is InChI=1S/C27H24N4O2/c1-4-19-16-31(22-9-5-18(14-28)6-10-22)24-13-20(21-8-12-25(32)30(3)15-21)7-11-23(24)26-17(2)29-33-27(19)26/h5-13,15,19H,4,16H2,1-3H3. The predicted molar refractivity (Wildman–Crippen MR) is 129 cm³/mol. The van der Waals surface area contributed by atoms with E-state index in [9.17, 15) is 10.1 Å². The Labute approximate surface area is 192 Å². The van der Waals surface area contributed by atoms with E-state index in [1.807, 2.05) is 43.5 Å². The molecular formula is C27H24N4O2. The first-order valence-electron chi connectivity index (χ1n) is 11.1. The minimum absolute atomic E-state index is 0.0387. The molecule has 6 nitrogen and oxygen atoms in total. The van der Waals surface area contributed by atoms with Gasteiger partial charge in [0.25, 0.3) is 0 Å². The number of hydrogen-bond acceptors (Lipinski definition) is 5. The lowest BCUT2D eigenvalue weighted by Crippen LogP contribution is -2.22. The van der Waals surface area contributed by atoms with E-state index < -0.39 is 0 Å². The maximum atomic E-state index is 11.9. The number of hydrogen-bond donors (Lipinski definition) is 0. The molecule has 2 aromatic carbocycles. The zero-order valence-electron chi connectivity index (χ0n) is 18.9. The van der Waals surface area contributed by atoms with Crippen molar-refractivity contribution in [2.75, 3.05) is 11.4 Å². The van der Waals surface area contributed by atoms with Crippen molar-refractivity contribution in [1.29, 1.82) is 5.26 Å². The highest BCUT2D eigenvalue weighted by molar-refractivity contribution is 5.89. The Balaban J connectivity index is 1.74. The minimum Gasteiger partial charge on any atom is -0.360 e. The third-order valence-electron chi connectivity index (χ3n) is 6.44. The third-order valence-corrected chi connectivity index (χ3v) is 6.44. The van der Waals surface area contributed by atoms with Crippen molar-refractivity contribution in [1.82, 2.24) is 9.72 Å². The number of fused-ring (bicyclic) bond motifs is 3. The predicted octanol–water partition coefficient (Wildman–Crippen LogP) is 5.53. The molecule has 2 aromatic heterocycles. The SMILES string of the molecule is CCC1CN(c2ccc(C#N)cc2)c2cc(-c3ccc(=O)n(C)c3)ccc2-c2c(C)noc21. The summed E-state index contributed by atoms with van der Waals surface area (Å²) in [6, 6.07) is 19.7. The summed E-state index contributed by atoms with van der Waals surface area (Å²) in [6.45, 7) is 4.88. The fraction of sp³-hybridized carbons (Fsp3) is 0.222. The van der Waals surface area contributed by atoms with E-state index in [1.54, 1.807) is 17.7 Å². The highest BCUT2D eigenvalue weighted by Gasteiger charge is 2.32. The van der Waals surface area contributed by atoms with Gasteiger partial charge in [0.2, 0.25) is 5.56 Å². The lowest BCUT2D eigenvalue weighted by atomic mass is 9.94. The first kappa shape index (κ1) is 20.8. The molecule has 0 N–H and O–H groups in total. The highest BCUT2D eigenvalue weighted by Crippen LogP contribution is 2.46. The van der Waals surface area contributed by atoms with Gasteiger partial charge in [0.1, 0.15) is 5.76 Å². The van der Waals surface area contributed by atoms with Crippen molar-refractivity contribution in [2.24, 2.45) is 7.05 Å². The van der Waals surface area contributed by atoms with Gasteiger partial charge in [-0.25, -0.2) is 0 Å². The normalized spacial score (nSPS) is 14.8. The Morgan fingerprint density at radius 3 is 2.58 bits per heavy atom. The van der Waals surface area contributed by atoms with E-state index in [0.717, 1.165) is 58.0 Å². The quantitative estimate of drug-likeness (QED) is 0.422. The van der Waals surface area contributed by atoms with Crippen LogP contribution in [0.25, 0.3) is 22.3 Å². The Kier molecular flexibility index (Phi) is 5.10. The van der Waals surface area contributed by atoms with E-state index in [0.29, 0.717) is 5.56 Å². The molecule has 1 aliphatic rings. The number of nitriles is 1. The lowest BCUT2D eigenvalue weighted by molar-refractivity contribution is 0.356. The molecule has 5 rings (SSSR count). The van der Waals surface area contributed by atoms with Crippen LogP contribution in [0.3, 0.4) is 0 Å². The largest absolute Gasteiger partial charge is 0.360 e. The van der Waals surface area contributed by atoms with E-state index in [4.69, 9.17) is 4.52 Å². The number of pyridine rings is 1. The van der Waals surface area contributed by atoms with Crippen LogP contribution in [-0.2, 0) is 7.05 Å². The summed E-state index contributed by atoms with van der Waals surface area (Å²) in [7, 11) is 1.76. The van der Waals surface area contributed by atoms with Crippen LogP contribution in [0.1, 0.15) is 36.3 Å². The van der Waals surface area contributed by atoms with Crippen LogP contribution in [0.2, 0.25) is 0 Å². The van der Waals surface area contributed by atoms with E-state index >= 15 is 0 Å². The lowest BCUT2D eigenvalue weighted by Gasteiger charge is -2.28. The van der Waals surface area contributed by atoms with Crippen molar-refractivity contribution in [3.63, 3.8) is 0 Å². The molecule has 33 heavy (non-hydrogen) atoms. The van der Waals surface area contributed by atoms with Crippen LogP contribution in [0, 0.1) is 18.3 Å². The van der Waals surface area contributed by atoms with E-state index in [-0.39, 0.29) is 11.5 Å². The van der Waals surface area contributed by atoms with E-state index in [2.05, 4.69) is 41.2 Å². The van der Waals surface area contributed by atoms with Gasteiger partial charge in [0.05, 0.1) is 17.3 Å². The van der Waals surface area contributed by atoms with Crippen LogP contribution in [0.15, 0.2) is 70.1 Å². The molecule has 3 heterocycles. The smallest absolute Gasteiger partial charge is 0.250 e. The summed E-state index contributed by atoms with van der Waals surface area (Å²) in [5, 5.41) is 13.5. The molecule has 1 aliphatic heterocycles. The molecule has 1 unspecified atom stereocenters. The van der Waals surface area contributed by atoms with Gasteiger partial charge < -0.3 is 14.0 Å². The van der Waals surface area contributed by atoms with Gasteiger partial charge >= 0.3 is 0 Å². The fourth-order valence-electron chi connectivity index (χ4n) is 4.58. The molecule has 0 spiro atoms. The summed E-state index contributed by atoms with van der Waals surface area (Å²) in [5.41, 5.74) is 7.65. The van der Waals surface area contributed by atoms with Gasteiger partial charge in [0, 0.05) is 54.3 Å². The number of aryl methyl sites for hydroxylation is 2. The Morgan fingerprint density at radius 2 is 1.88 bits per heavy atom. The monoisotopic (exact) mass is 436 g/mol. The first-order chi connectivity index (χ1) is 16.0. The summed E-state index contributed by atoms with van der Waals surface area (Å²) >= 11 is 0. The molecule has 0 fully saturated rings. The van der Waals surface area contributed by atoms with Gasteiger partial charge in [-0.1, -0.05) is 24.2 Å². The minimum atomic E-state index is -0.0387. The second-order valence-corrected chi connectivity index (χ2v) is 8.48. The van der Waals surface area contributed by atoms with Crippen molar-refractivity contribution in [3.8, 4) is 28.3 Å². The van der Waals surface area contributed by atoms with Gasteiger partial charge in [-0.05, 0) is 60.9 Å². The number of nitrogens with zero attached hydrogens (tertiary/aromatic N) is 4. The summed E-state index contributed by atoms with van der Waals surface area (Å²) in [6.07, 6.45) is 2.77. The first-order valence-corrected chi connectivity index (χ1v) is 11.1. The molecule has 0 saturated heterocycles. The average Bonchev–Trinajstić information content (AvgIpc) is 3.15. The second-order valence-electron chi connectivity index (χ2n) is 8.48. The molecule has 0 amide bonds. The Bertz CT molecular complexity index is 1440. The summed E-state index contributed by atoms with van der Waals surface area (Å²) in [4.78, 5) is 14.2. The number of rotatable bonds is 3. The fourth-order valence-corrected chi connectivity index (χ4v) is 4.58. The van der Waals surface area contributed by atoms with Crippen molar-refractivity contribution in [2.45, 2.75) is 26.2 Å². The molecule has 0 aliphatic carbocycles. The molecule has 0 radical (unpaired) electrons. The Morgan fingerprint density at radius 1 is 1.12 bits per heavy atom. The van der Waals surface area contributed by atoms with Crippen LogP contribution >= 0.6 is 0 Å². The number of anilines is 2. The molecule has 0 saturated carbocycles. The van der Waals surface area contributed by atoms with Gasteiger partial charge in [-0.3, -0.25) is 4.79 Å². The van der Waals surface area contributed by atoms with Crippen LogP contribution in [0.5, 0.6) is 0 Å². The van der Waals surface area contributed by atoms with Crippen LogP contribution in [0.4, 0.5) is 11.4 Å². The topological polar surface area (TPSA) is 75.1 Å². The molecule has 1 atom stereocenters. The average molecular weight is 437 g/mol. The molecule has 6 heteroatoms. The maximum Gasteiger partial charge on any atom is 0.250 e. The van der Waals surface area contributed by atoms with Crippen LogP contribution in [-0.4, -0.2) is 16.3 Å². The summed E-state index contributed by atoms with van der Waals surface area (Å²) in [5.74, 6) is 1.09. The molecule has 0 bridgehead atoms. The van der Waals surface area contributed by atoms with Gasteiger partial charge in [0.15, 0.2) is 0 Å². The van der Waals surface area contributed by atoms with Crippen molar-refractivity contribution < 1.29 is 4.52 Å².